The van der Waals surface area contributed by atoms with E-state index in [9.17, 15) is 13.0 Å². The highest BCUT2D eigenvalue weighted by Gasteiger charge is 2.17. The van der Waals surface area contributed by atoms with E-state index in [-0.39, 0.29) is 10.6 Å². The minimum absolute atomic E-state index is 0.0351. The Labute approximate surface area is 196 Å². The average molecular weight is 467 g/mol. The Morgan fingerprint density at radius 1 is 0.939 bits per heavy atom. The van der Waals surface area contributed by atoms with Gasteiger partial charge >= 0.3 is 0 Å². The van der Waals surface area contributed by atoms with Crippen molar-refractivity contribution in [1.82, 2.24) is 0 Å². The van der Waals surface area contributed by atoms with Crippen LogP contribution < -0.4 is 9.64 Å². The van der Waals surface area contributed by atoms with Crippen LogP contribution in [0.5, 0.6) is 5.75 Å². The summed E-state index contributed by atoms with van der Waals surface area (Å²) in [7, 11) is 0.582. The molecular formula is C26H30N2O4S. The van der Waals surface area contributed by atoms with E-state index in [1.807, 2.05) is 55.1 Å². The third-order valence-electron chi connectivity index (χ3n) is 5.68. The van der Waals surface area contributed by atoms with Crippen LogP contribution in [0.1, 0.15) is 25.0 Å². The van der Waals surface area contributed by atoms with Crippen molar-refractivity contribution >= 4 is 27.1 Å². The predicted molar refractivity (Wildman–Crippen MR) is 132 cm³/mol. The quantitative estimate of drug-likeness (QED) is 0.454. The zero-order valence-corrected chi connectivity index (χ0v) is 20.5. The van der Waals surface area contributed by atoms with E-state index in [1.54, 1.807) is 6.07 Å². The highest BCUT2D eigenvalue weighted by molar-refractivity contribution is 7.85. The number of rotatable bonds is 7. The van der Waals surface area contributed by atoms with Crippen LogP contribution in [-0.2, 0) is 10.1 Å². The molecule has 0 saturated heterocycles. The SMILES string of the molecule is CCN(CC)c1ccc(C(=C2C=CC(=[N+](C)C)C=C2)c2ccc(OC)c(S(=O)(=O)[O-])c2)cc1. The van der Waals surface area contributed by atoms with Gasteiger partial charge in [-0.3, -0.25) is 0 Å². The molecule has 0 radical (unpaired) electrons. The molecule has 2 aromatic carbocycles. The van der Waals surface area contributed by atoms with Gasteiger partial charge < -0.3 is 14.2 Å². The van der Waals surface area contributed by atoms with Gasteiger partial charge in [0.1, 0.15) is 30.0 Å². The number of ether oxygens (including phenoxy) is 1. The Hall–Kier alpha value is -3.16. The molecule has 174 valence electrons. The molecule has 1 aliphatic rings. The van der Waals surface area contributed by atoms with E-state index in [0.717, 1.165) is 41.2 Å². The van der Waals surface area contributed by atoms with Crippen LogP contribution in [0.2, 0.25) is 0 Å². The fraction of sp³-hybridized carbons (Fsp3) is 0.269. The fourth-order valence-corrected chi connectivity index (χ4v) is 4.55. The molecule has 0 spiro atoms. The van der Waals surface area contributed by atoms with Gasteiger partial charge in [0.2, 0.25) is 0 Å². The number of hydrogen-bond donors (Lipinski definition) is 0. The van der Waals surface area contributed by atoms with Crippen LogP contribution in [0.3, 0.4) is 0 Å². The maximum absolute atomic E-state index is 11.9. The molecule has 0 fully saturated rings. The summed E-state index contributed by atoms with van der Waals surface area (Å²) in [6.07, 6.45) is 8.01. The molecule has 0 bridgehead atoms. The maximum Gasteiger partial charge on any atom is 0.199 e. The van der Waals surface area contributed by atoms with E-state index < -0.39 is 10.1 Å². The molecule has 33 heavy (non-hydrogen) atoms. The molecule has 0 saturated carbocycles. The lowest BCUT2D eigenvalue weighted by atomic mass is 9.90. The second kappa shape index (κ2) is 10.2. The topological polar surface area (TPSA) is 72.7 Å². The molecule has 0 N–H and O–H groups in total. The number of hydrogen-bond acceptors (Lipinski definition) is 5. The summed E-state index contributed by atoms with van der Waals surface area (Å²) in [6.45, 7) is 6.04. The second-order valence-electron chi connectivity index (χ2n) is 7.86. The molecule has 7 heteroatoms. The Balaban J connectivity index is 2.23. The highest BCUT2D eigenvalue weighted by Crippen LogP contribution is 2.34. The molecule has 0 amide bonds. The summed E-state index contributed by atoms with van der Waals surface area (Å²) in [5.41, 5.74) is 5.45. The molecule has 0 atom stereocenters. The van der Waals surface area contributed by atoms with Gasteiger partial charge in [-0.2, -0.15) is 0 Å². The Morgan fingerprint density at radius 3 is 2.00 bits per heavy atom. The summed E-state index contributed by atoms with van der Waals surface area (Å²) < 4.78 is 42.9. The Bertz CT molecular complexity index is 1230. The van der Waals surface area contributed by atoms with Crippen molar-refractivity contribution in [3.63, 3.8) is 0 Å². The number of anilines is 1. The molecule has 6 nitrogen and oxygen atoms in total. The van der Waals surface area contributed by atoms with Gasteiger partial charge in [0.15, 0.2) is 5.71 Å². The number of nitrogens with zero attached hydrogens (tertiary/aromatic N) is 2. The van der Waals surface area contributed by atoms with Crippen LogP contribution in [0.4, 0.5) is 5.69 Å². The van der Waals surface area contributed by atoms with Gasteiger partial charge in [0.05, 0.1) is 12.0 Å². The van der Waals surface area contributed by atoms with Gasteiger partial charge in [0, 0.05) is 30.9 Å². The molecule has 3 rings (SSSR count). The zero-order valence-electron chi connectivity index (χ0n) is 19.7. The van der Waals surface area contributed by atoms with Crippen molar-refractivity contribution in [3.8, 4) is 5.75 Å². The van der Waals surface area contributed by atoms with Gasteiger partial charge in [0.25, 0.3) is 0 Å². The first-order valence-electron chi connectivity index (χ1n) is 10.8. The summed E-state index contributed by atoms with van der Waals surface area (Å²) in [6, 6.07) is 12.9. The summed E-state index contributed by atoms with van der Waals surface area (Å²) in [4.78, 5) is 1.88. The standard InChI is InChI=1S/C26H30N2O4S/c1-6-28(7-2)23-15-10-20(11-16-23)26(19-8-13-22(14-9-19)27(3)4)21-12-17-24(32-5)25(18-21)33(29,30)31/h8-18H,6-7H2,1-5H3. The third kappa shape index (κ3) is 5.43. The number of allylic oxidation sites excluding steroid dienone is 5. The van der Waals surface area contributed by atoms with Crippen LogP contribution >= 0.6 is 0 Å². The van der Waals surface area contributed by atoms with Crippen LogP contribution in [0, 0.1) is 0 Å². The minimum Gasteiger partial charge on any atom is -0.744 e. The van der Waals surface area contributed by atoms with Crippen molar-refractivity contribution in [1.29, 1.82) is 0 Å². The molecule has 0 unspecified atom stereocenters. The lowest BCUT2D eigenvalue weighted by Gasteiger charge is -2.22. The Morgan fingerprint density at radius 2 is 1.52 bits per heavy atom. The first-order valence-corrected chi connectivity index (χ1v) is 12.2. The molecule has 0 heterocycles. The molecule has 2 aromatic rings. The summed E-state index contributed by atoms with van der Waals surface area (Å²) >= 11 is 0. The van der Waals surface area contributed by atoms with E-state index in [1.165, 1.54) is 19.2 Å². The summed E-state index contributed by atoms with van der Waals surface area (Å²) in [5, 5.41) is 0. The average Bonchev–Trinajstić information content (AvgIpc) is 2.80. The third-order valence-corrected chi connectivity index (χ3v) is 6.54. The molecule has 1 aliphatic carbocycles. The van der Waals surface area contributed by atoms with Crippen molar-refractivity contribution in [2.24, 2.45) is 0 Å². The number of methoxy groups -OCH3 is 1. The van der Waals surface area contributed by atoms with Crippen molar-refractivity contribution in [2.75, 3.05) is 39.2 Å². The van der Waals surface area contributed by atoms with E-state index in [4.69, 9.17) is 4.74 Å². The smallest absolute Gasteiger partial charge is 0.199 e. The first kappa shape index (κ1) is 24.5. The van der Waals surface area contributed by atoms with Crippen LogP contribution in [0.15, 0.2) is 77.2 Å². The monoisotopic (exact) mass is 466 g/mol. The lowest BCUT2D eigenvalue weighted by molar-refractivity contribution is -0.462. The molecule has 0 aromatic heterocycles. The van der Waals surface area contributed by atoms with Gasteiger partial charge in [-0.05, 0) is 72.5 Å². The number of benzene rings is 2. The first-order chi connectivity index (χ1) is 15.7. The van der Waals surface area contributed by atoms with Crippen molar-refractivity contribution < 1.29 is 22.3 Å². The van der Waals surface area contributed by atoms with Gasteiger partial charge in [-0.1, -0.05) is 18.2 Å². The van der Waals surface area contributed by atoms with Crippen molar-refractivity contribution in [3.05, 3.63) is 83.5 Å². The largest absolute Gasteiger partial charge is 0.744 e. The van der Waals surface area contributed by atoms with Crippen LogP contribution in [-0.4, -0.2) is 57.6 Å². The Kier molecular flexibility index (Phi) is 7.56. The fourth-order valence-electron chi connectivity index (χ4n) is 3.88. The maximum atomic E-state index is 11.9. The van der Waals surface area contributed by atoms with E-state index >= 15 is 0 Å². The molecule has 0 aliphatic heterocycles. The minimum atomic E-state index is -4.71. The van der Waals surface area contributed by atoms with Gasteiger partial charge in [-0.25, -0.2) is 13.0 Å². The molecular weight excluding hydrogens is 436 g/mol. The van der Waals surface area contributed by atoms with Crippen LogP contribution in [0.25, 0.3) is 5.57 Å². The predicted octanol–water partition coefficient (Wildman–Crippen LogP) is 4.09. The zero-order chi connectivity index (χ0) is 24.2. The normalized spacial score (nSPS) is 13.3. The van der Waals surface area contributed by atoms with Gasteiger partial charge in [-0.15, -0.1) is 0 Å². The lowest BCUT2D eigenvalue weighted by Crippen LogP contribution is -2.21. The summed E-state index contributed by atoms with van der Waals surface area (Å²) in [5.74, 6) is 0.0351. The van der Waals surface area contributed by atoms with E-state index in [2.05, 4.69) is 30.9 Å². The second-order valence-corrected chi connectivity index (χ2v) is 9.20. The highest BCUT2D eigenvalue weighted by atomic mass is 32.2. The van der Waals surface area contributed by atoms with E-state index in [0.29, 0.717) is 5.56 Å². The van der Waals surface area contributed by atoms with Crippen molar-refractivity contribution in [2.45, 2.75) is 18.7 Å².